The van der Waals surface area contributed by atoms with E-state index in [9.17, 15) is 4.79 Å². The Morgan fingerprint density at radius 3 is 2.67 bits per heavy atom. The molecule has 1 heterocycles. The van der Waals surface area contributed by atoms with E-state index in [1.54, 1.807) is 12.1 Å². The van der Waals surface area contributed by atoms with Crippen LogP contribution in [0, 0.1) is 0 Å². The predicted octanol–water partition coefficient (Wildman–Crippen LogP) is -0.667. The molecule has 0 aliphatic carbocycles. The second-order valence-electron chi connectivity index (χ2n) is 2.39. The van der Waals surface area contributed by atoms with Crippen molar-refractivity contribution in [2.45, 2.75) is 13.2 Å². The Morgan fingerprint density at radius 2 is 2.08 bits per heavy atom. The number of hydrogen-bond donors (Lipinski definition) is 2. The molecular formula is C8H11NO3. The van der Waals surface area contributed by atoms with Crippen molar-refractivity contribution < 1.29 is 10.2 Å². The monoisotopic (exact) mass is 169 g/mol. The highest BCUT2D eigenvalue weighted by atomic mass is 16.3. The van der Waals surface area contributed by atoms with Gasteiger partial charge in [-0.15, -0.1) is 0 Å². The average molecular weight is 169 g/mol. The summed E-state index contributed by atoms with van der Waals surface area (Å²) < 4.78 is 1.35. The number of aliphatic hydroxyl groups excluding tert-OH is 2. The van der Waals surface area contributed by atoms with E-state index in [1.165, 1.54) is 10.6 Å². The van der Waals surface area contributed by atoms with Crippen LogP contribution >= 0.6 is 0 Å². The topological polar surface area (TPSA) is 62.5 Å². The van der Waals surface area contributed by atoms with E-state index in [0.29, 0.717) is 5.69 Å². The third-order valence-corrected chi connectivity index (χ3v) is 1.63. The Hall–Kier alpha value is -1.13. The SMILES string of the molecule is O=c1cccc(CO)n1CCO. The van der Waals surface area contributed by atoms with Crippen LogP contribution in [-0.4, -0.2) is 21.4 Å². The molecule has 0 atom stereocenters. The lowest BCUT2D eigenvalue weighted by atomic mass is 10.3. The molecule has 0 saturated heterocycles. The molecule has 1 aromatic rings. The fraction of sp³-hybridized carbons (Fsp3) is 0.375. The van der Waals surface area contributed by atoms with Crippen molar-refractivity contribution in [3.8, 4) is 0 Å². The minimum Gasteiger partial charge on any atom is -0.395 e. The summed E-state index contributed by atoms with van der Waals surface area (Å²) in [7, 11) is 0. The molecule has 2 N–H and O–H groups in total. The fourth-order valence-electron chi connectivity index (χ4n) is 1.05. The summed E-state index contributed by atoms with van der Waals surface area (Å²) in [5, 5.41) is 17.5. The highest BCUT2D eigenvalue weighted by molar-refractivity contribution is 5.05. The summed E-state index contributed by atoms with van der Waals surface area (Å²) in [6.45, 7) is -0.0530. The molecule has 1 aromatic heterocycles. The lowest BCUT2D eigenvalue weighted by Gasteiger charge is -2.07. The van der Waals surface area contributed by atoms with Gasteiger partial charge in [-0.25, -0.2) is 0 Å². The van der Waals surface area contributed by atoms with Crippen molar-refractivity contribution in [1.82, 2.24) is 4.57 Å². The maximum atomic E-state index is 11.1. The first-order chi connectivity index (χ1) is 5.79. The van der Waals surface area contributed by atoms with Gasteiger partial charge in [-0.2, -0.15) is 0 Å². The lowest BCUT2D eigenvalue weighted by molar-refractivity contribution is 0.247. The van der Waals surface area contributed by atoms with Crippen LogP contribution in [0.2, 0.25) is 0 Å². The first-order valence-corrected chi connectivity index (χ1v) is 3.70. The molecule has 0 radical (unpaired) electrons. The molecule has 66 valence electrons. The summed E-state index contributed by atoms with van der Waals surface area (Å²) in [6.07, 6.45) is 0. The minimum atomic E-state index is -0.199. The van der Waals surface area contributed by atoms with Gasteiger partial charge in [0.05, 0.1) is 13.2 Å². The molecule has 0 aliphatic heterocycles. The van der Waals surface area contributed by atoms with Crippen molar-refractivity contribution in [3.63, 3.8) is 0 Å². The smallest absolute Gasteiger partial charge is 0.250 e. The Balaban J connectivity index is 3.11. The Bertz CT molecular complexity index is 305. The summed E-state index contributed by atoms with van der Waals surface area (Å²) in [4.78, 5) is 11.1. The first-order valence-electron chi connectivity index (χ1n) is 3.70. The van der Waals surface area contributed by atoms with Crippen molar-refractivity contribution in [2.75, 3.05) is 6.61 Å². The zero-order chi connectivity index (χ0) is 8.97. The zero-order valence-corrected chi connectivity index (χ0v) is 6.60. The standard InChI is InChI=1S/C8H11NO3/c10-5-4-9-7(6-11)2-1-3-8(9)12/h1-3,10-11H,4-6H2. The van der Waals surface area contributed by atoms with Gasteiger partial charge >= 0.3 is 0 Å². The molecule has 12 heavy (non-hydrogen) atoms. The second kappa shape index (κ2) is 4.04. The molecule has 0 saturated carbocycles. The molecule has 1 rings (SSSR count). The van der Waals surface area contributed by atoms with Gasteiger partial charge in [-0.05, 0) is 6.07 Å². The molecule has 0 bridgehead atoms. The second-order valence-corrected chi connectivity index (χ2v) is 2.39. The van der Waals surface area contributed by atoms with E-state index < -0.39 is 0 Å². The summed E-state index contributed by atoms with van der Waals surface area (Å²) >= 11 is 0. The van der Waals surface area contributed by atoms with Crippen LogP contribution in [0.1, 0.15) is 5.69 Å². The number of nitrogens with zero attached hydrogens (tertiary/aromatic N) is 1. The maximum Gasteiger partial charge on any atom is 0.250 e. The summed E-state index contributed by atoms with van der Waals surface area (Å²) in [6, 6.07) is 4.63. The largest absolute Gasteiger partial charge is 0.395 e. The number of hydrogen-bond acceptors (Lipinski definition) is 3. The molecule has 0 fully saturated rings. The number of pyridine rings is 1. The van der Waals surface area contributed by atoms with E-state index in [4.69, 9.17) is 10.2 Å². The molecule has 0 amide bonds. The van der Waals surface area contributed by atoms with Gasteiger partial charge in [0.2, 0.25) is 0 Å². The van der Waals surface area contributed by atoms with Gasteiger partial charge < -0.3 is 14.8 Å². The van der Waals surface area contributed by atoms with Gasteiger partial charge in [0.15, 0.2) is 0 Å². The van der Waals surface area contributed by atoms with E-state index in [-0.39, 0.29) is 25.3 Å². The average Bonchev–Trinajstić information content (AvgIpc) is 2.09. The maximum absolute atomic E-state index is 11.1. The first kappa shape index (κ1) is 8.96. The molecule has 0 spiro atoms. The fourth-order valence-corrected chi connectivity index (χ4v) is 1.05. The van der Waals surface area contributed by atoms with E-state index >= 15 is 0 Å². The van der Waals surface area contributed by atoms with Crippen LogP contribution in [0.15, 0.2) is 23.0 Å². The lowest BCUT2D eigenvalue weighted by Crippen LogP contribution is -2.23. The van der Waals surface area contributed by atoms with Crippen LogP contribution in [0.25, 0.3) is 0 Å². The van der Waals surface area contributed by atoms with Gasteiger partial charge in [0.1, 0.15) is 0 Å². The van der Waals surface area contributed by atoms with Crippen molar-refractivity contribution in [2.24, 2.45) is 0 Å². The highest BCUT2D eigenvalue weighted by Gasteiger charge is 1.99. The number of aliphatic hydroxyl groups is 2. The third kappa shape index (κ3) is 1.72. The molecule has 4 nitrogen and oxygen atoms in total. The van der Waals surface area contributed by atoms with Crippen LogP contribution in [0.4, 0.5) is 0 Å². The van der Waals surface area contributed by atoms with Crippen molar-refractivity contribution in [1.29, 1.82) is 0 Å². The van der Waals surface area contributed by atoms with E-state index in [0.717, 1.165) is 0 Å². The number of aromatic nitrogens is 1. The van der Waals surface area contributed by atoms with Gasteiger partial charge in [-0.3, -0.25) is 4.79 Å². The summed E-state index contributed by atoms with van der Waals surface area (Å²) in [5.74, 6) is 0. The molecule has 4 heteroatoms. The Kier molecular flexibility index (Phi) is 3.01. The summed E-state index contributed by atoms with van der Waals surface area (Å²) in [5.41, 5.74) is 0.326. The van der Waals surface area contributed by atoms with Crippen LogP contribution in [-0.2, 0) is 13.2 Å². The highest BCUT2D eigenvalue weighted by Crippen LogP contribution is 1.94. The minimum absolute atomic E-state index is 0.100. The zero-order valence-electron chi connectivity index (χ0n) is 6.60. The quantitative estimate of drug-likeness (QED) is 0.631. The van der Waals surface area contributed by atoms with Crippen LogP contribution in [0.5, 0.6) is 0 Å². The normalized spacial score (nSPS) is 10.2. The van der Waals surface area contributed by atoms with Crippen LogP contribution < -0.4 is 5.56 Å². The van der Waals surface area contributed by atoms with Crippen molar-refractivity contribution in [3.05, 3.63) is 34.2 Å². The molecule has 0 unspecified atom stereocenters. The Morgan fingerprint density at radius 1 is 1.33 bits per heavy atom. The van der Waals surface area contributed by atoms with Gasteiger partial charge in [0.25, 0.3) is 5.56 Å². The van der Waals surface area contributed by atoms with Gasteiger partial charge in [0, 0.05) is 18.3 Å². The van der Waals surface area contributed by atoms with Crippen LogP contribution in [0.3, 0.4) is 0 Å². The van der Waals surface area contributed by atoms with Crippen molar-refractivity contribution >= 4 is 0 Å². The van der Waals surface area contributed by atoms with E-state index in [2.05, 4.69) is 0 Å². The predicted molar refractivity (Wildman–Crippen MR) is 43.7 cm³/mol. The molecule has 0 aromatic carbocycles. The van der Waals surface area contributed by atoms with E-state index in [1.807, 2.05) is 0 Å². The van der Waals surface area contributed by atoms with Gasteiger partial charge in [-0.1, -0.05) is 6.07 Å². The molecular weight excluding hydrogens is 158 g/mol. The Labute approximate surface area is 69.7 Å². The molecule has 0 aliphatic rings. The number of rotatable bonds is 3. The third-order valence-electron chi connectivity index (χ3n) is 1.63.